The van der Waals surface area contributed by atoms with Gasteiger partial charge in [0, 0.05) is 6.54 Å². The zero-order valence-corrected chi connectivity index (χ0v) is 10.1. The normalized spacial score (nSPS) is 17.6. The quantitative estimate of drug-likeness (QED) is 0.875. The summed E-state index contributed by atoms with van der Waals surface area (Å²) in [7, 11) is 1.66. The maximum Gasteiger partial charge on any atom is 0.123 e. The number of methoxy groups -OCH3 is 1. The number of fused-ring (bicyclic) bond motifs is 1. The molecule has 0 amide bonds. The third kappa shape index (κ3) is 1.87. The van der Waals surface area contributed by atoms with Gasteiger partial charge in [0.25, 0.3) is 0 Å². The Morgan fingerprint density at radius 1 is 1.22 bits per heavy atom. The van der Waals surface area contributed by atoms with Crippen molar-refractivity contribution in [2.75, 3.05) is 7.11 Å². The first-order valence-corrected chi connectivity index (χ1v) is 5.93. The van der Waals surface area contributed by atoms with Crippen LogP contribution in [0.1, 0.15) is 22.7 Å². The maximum atomic E-state index is 13.2. The third-order valence-electron chi connectivity index (χ3n) is 3.34. The first-order chi connectivity index (χ1) is 8.78. The monoisotopic (exact) mass is 243 g/mol. The van der Waals surface area contributed by atoms with E-state index in [9.17, 15) is 4.39 Å². The van der Waals surface area contributed by atoms with Crippen LogP contribution in [0.25, 0.3) is 0 Å². The minimum atomic E-state index is -0.179. The molecule has 0 aliphatic carbocycles. The van der Waals surface area contributed by atoms with E-state index in [1.165, 1.54) is 6.07 Å². The van der Waals surface area contributed by atoms with Crippen molar-refractivity contribution < 1.29 is 9.13 Å². The van der Waals surface area contributed by atoms with E-state index in [1.54, 1.807) is 13.2 Å². The lowest BCUT2D eigenvalue weighted by molar-refractivity contribution is 0.414. The van der Waals surface area contributed by atoms with Crippen LogP contribution in [0.3, 0.4) is 0 Å². The molecule has 0 aromatic heterocycles. The average Bonchev–Trinajstić information content (AvgIpc) is 2.81. The number of rotatable bonds is 2. The van der Waals surface area contributed by atoms with E-state index < -0.39 is 0 Å². The Kier molecular flexibility index (Phi) is 2.76. The Morgan fingerprint density at radius 2 is 2.11 bits per heavy atom. The standard InChI is InChI=1S/C15H14FNO/c1-18-13-4-2-3-10(8-13)15-14-6-5-12(16)7-11(14)9-17-15/h2-8,15,17H,9H2,1H3. The predicted octanol–water partition coefficient (Wildman–Crippen LogP) is 3.03. The lowest BCUT2D eigenvalue weighted by atomic mass is 9.98. The number of ether oxygens (including phenoxy) is 1. The largest absolute Gasteiger partial charge is 0.497 e. The lowest BCUT2D eigenvalue weighted by Gasteiger charge is -2.13. The zero-order chi connectivity index (χ0) is 12.5. The average molecular weight is 243 g/mol. The van der Waals surface area contributed by atoms with Crippen LogP contribution in [-0.4, -0.2) is 7.11 Å². The van der Waals surface area contributed by atoms with E-state index in [0.717, 1.165) is 22.4 Å². The molecular formula is C15H14FNO. The molecule has 0 radical (unpaired) electrons. The van der Waals surface area contributed by atoms with E-state index >= 15 is 0 Å². The molecule has 1 unspecified atom stereocenters. The lowest BCUT2D eigenvalue weighted by Crippen LogP contribution is -2.13. The van der Waals surface area contributed by atoms with Gasteiger partial charge >= 0.3 is 0 Å². The van der Waals surface area contributed by atoms with Crippen LogP contribution in [0, 0.1) is 5.82 Å². The van der Waals surface area contributed by atoms with Crippen molar-refractivity contribution in [1.82, 2.24) is 5.32 Å². The van der Waals surface area contributed by atoms with Crippen molar-refractivity contribution in [3.63, 3.8) is 0 Å². The Bertz CT molecular complexity index is 582. The number of benzene rings is 2. The number of hydrogen-bond donors (Lipinski definition) is 1. The summed E-state index contributed by atoms with van der Waals surface area (Å²) in [5.41, 5.74) is 3.31. The molecule has 0 spiro atoms. The topological polar surface area (TPSA) is 21.3 Å². The third-order valence-corrected chi connectivity index (χ3v) is 3.34. The van der Waals surface area contributed by atoms with Crippen molar-refractivity contribution in [3.8, 4) is 5.75 Å². The van der Waals surface area contributed by atoms with Gasteiger partial charge in [-0.2, -0.15) is 0 Å². The van der Waals surface area contributed by atoms with Gasteiger partial charge in [-0.15, -0.1) is 0 Å². The molecule has 0 fully saturated rings. The molecule has 3 rings (SSSR count). The molecule has 3 heteroatoms. The molecule has 92 valence electrons. The Morgan fingerprint density at radius 3 is 2.94 bits per heavy atom. The SMILES string of the molecule is COc1cccc(C2NCc3cc(F)ccc32)c1. The summed E-state index contributed by atoms with van der Waals surface area (Å²) in [6, 6.07) is 13.0. The van der Waals surface area contributed by atoms with Gasteiger partial charge in [-0.05, 0) is 41.0 Å². The second-order valence-corrected chi connectivity index (χ2v) is 4.43. The van der Waals surface area contributed by atoms with Crippen LogP contribution in [-0.2, 0) is 6.54 Å². The summed E-state index contributed by atoms with van der Waals surface area (Å²) in [6.07, 6.45) is 0. The van der Waals surface area contributed by atoms with Crippen molar-refractivity contribution in [2.45, 2.75) is 12.6 Å². The smallest absolute Gasteiger partial charge is 0.123 e. The molecule has 2 aromatic rings. The van der Waals surface area contributed by atoms with E-state index in [4.69, 9.17) is 4.74 Å². The highest BCUT2D eigenvalue weighted by Gasteiger charge is 2.23. The van der Waals surface area contributed by atoms with E-state index in [1.807, 2.05) is 24.3 Å². The molecule has 1 aliphatic heterocycles. The van der Waals surface area contributed by atoms with Gasteiger partial charge in [0.2, 0.25) is 0 Å². The van der Waals surface area contributed by atoms with Crippen molar-refractivity contribution in [1.29, 1.82) is 0 Å². The van der Waals surface area contributed by atoms with Gasteiger partial charge in [-0.1, -0.05) is 18.2 Å². The molecule has 1 atom stereocenters. The summed E-state index contributed by atoms with van der Waals surface area (Å²) >= 11 is 0. The summed E-state index contributed by atoms with van der Waals surface area (Å²) in [6.45, 7) is 0.703. The number of halogens is 1. The molecule has 0 bridgehead atoms. The first-order valence-electron chi connectivity index (χ1n) is 5.93. The van der Waals surface area contributed by atoms with E-state index in [2.05, 4.69) is 11.4 Å². The molecular weight excluding hydrogens is 229 g/mol. The van der Waals surface area contributed by atoms with Crippen LogP contribution < -0.4 is 10.1 Å². The highest BCUT2D eigenvalue weighted by molar-refractivity contribution is 5.43. The van der Waals surface area contributed by atoms with Gasteiger partial charge in [0.1, 0.15) is 11.6 Å². The molecule has 0 saturated carbocycles. The summed E-state index contributed by atoms with van der Waals surface area (Å²) in [5.74, 6) is 0.659. The predicted molar refractivity (Wildman–Crippen MR) is 68.1 cm³/mol. The minimum absolute atomic E-state index is 0.121. The molecule has 1 N–H and O–H groups in total. The van der Waals surface area contributed by atoms with Crippen molar-refractivity contribution in [3.05, 3.63) is 65.0 Å². The van der Waals surface area contributed by atoms with Gasteiger partial charge < -0.3 is 10.1 Å². The van der Waals surface area contributed by atoms with E-state index in [0.29, 0.717) is 6.54 Å². The molecule has 1 heterocycles. The van der Waals surface area contributed by atoms with Crippen LogP contribution in [0.4, 0.5) is 4.39 Å². The molecule has 2 aromatic carbocycles. The fourth-order valence-electron chi connectivity index (χ4n) is 2.45. The van der Waals surface area contributed by atoms with Crippen LogP contribution in [0.5, 0.6) is 5.75 Å². The first kappa shape index (κ1) is 11.2. The Hall–Kier alpha value is -1.87. The van der Waals surface area contributed by atoms with Gasteiger partial charge in [-0.25, -0.2) is 4.39 Å². The number of hydrogen-bond acceptors (Lipinski definition) is 2. The highest BCUT2D eigenvalue weighted by atomic mass is 19.1. The number of nitrogens with one attached hydrogen (secondary N) is 1. The fraction of sp³-hybridized carbons (Fsp3) is 0.200. The summed E-state index contributed by atoms with van der Waals surface area (Å²) in [4.78, 5) is 0. The maximum absolute atomic E-state index is 13.2. The van der Waals surface area contributed by atoms with Crippen LogP contribution in [0.2, 0.25) is 0 Å². The fourth-order valence-corrected chi connectivity index (χ4v) is 2.45. The van der Waals surface area contributed by atoms with Gasteiger partial charge in [-0.3, -0.25) is 0 Å². The molecule has 18 heavy (non-hydrogen) atoms. The second-order valence-electron chi connectivity index (χ2n) is 4.43. The van der Waals surface area contributed by atoms with Gasteiger partial charge in [0.15, 0.2) is 0 Å². The van der Waals surface area contributed by atoms with Crippen molar-refractivity contribution in [2.24, 2.45) is 0 Å². The van der Waals surface area contributed by atoms with Crippen molar-refractivity contribution >= 4 is 0 Å². The molecule has 1 aliphatic rings. The summed E-state index contributed by atoms with van der Waals surface area (Å²) in [5, 5.41) is 3.39. The van der Waals surface area contributed by atoms with Crippen LogP contribution in [0.15, 0.2) is 42.5 Å². The second kappa shape index (κ2) is 4.42. The zero-order valence-electron chi connectivity index (χ0n) is 10.1. The van der Waals surface area contributed by atoms with Crippen LogP contribution >= 0.6 is 0 Å². The van der Waals surface area contributed by atoms with Gasteiger partial charge in [0.05, 0.1) is 13.2 Å². The molecule has 2 nitrogen and oxygen atoms in total. The summed E-state index contributed by atoms with van der Waals surface area (Å²) < 4.78 is 18.4. The highest BCUT2D eigenvalue weighted by Crippen LogP contribution is 2.32. The Balaban J connectivity index is 2.00. The minimum Gasteiger partial charge on any atom is -0.497 e. The van der Waals surface area contributed by atoms with E-state index in [-0.39, 0.29) is 11.9 Å². The Labute approximate surface area is 105 Å². The molecule has 0 saturated heterocycles.